The smallest absolute Gasteiger partial charge is 0.225 e. The van der Waals surface area contributed by atoms with Crippen molar-refractivity contribution in [3.8, 4) is 0 Å². The molecule has 0 radical (unpaired) electrons. The van der Waals surface area contributed by atoms with E-state index in [4.69, 9.17) is 4.74 Å². The zero-order chi connectivity index (χ0) is 9.26. The van der Waals surface area contributed by atoms with Gasteiger partial charge in [0.25, 0.3) is 0 Å². The van der Waals surface area contributed by atoms with Crippen molar-refractivity contribution in [2.45, 2.75) is 44.8 Å². The van der Waals surface area contributed by atoms with Gasteiger partial charge in [-0.15, -0.1) is 0 Å². The first kappa shape index (κ1) is 9.00. The first-order chi connectivity index (χ1) is 6.27. The van der Waals surface area contributed by atoms with Crippen LogP contribution in [0.5, 0.6) is 0 Å². The molecule has 0 saturated carbocycles. The van der Waals surface area contributed by atoms with Crippen LogP contribution < -0.4 is 0 Å². The number of hydrogen-bond acceptors (Lipinski definition) is 2. The molecular weight excluding hydrogens is 166 g/mol. The Balaban J connectivity index is 1.77. The van der Waals surface area contributed by atoms with Gasteiger partial charge in [0.2, 0.25) is 5.91 Å². The lowest BCUT2D eigenvalue weighted by Gasteiger charge is -2.39. The van der Waals surface area contributed by atoms with Gasteiger partial charge in [-0.1, -0.05) is 0 Å². The van der Waals surface area contributed by atoms with Crippen LogP contribution in [0, 0.1) is 0 Å². The van der Waals surface area contributed by atoms with Gasteiger partial charge in [0.15, 0.2) is 0 Å². The molecule has 3 heteroatoms. The topological polar surface area (TPSA) is 29.5 Å². The van der Waals surface area contributed by atoms with Crippen LogP contribution in [-0.2, 0) is 9.53 Å². The Kier molecular flexibility index (Phi) is 2.54. The number of ether oxygens (including phenoxy) is 1. The summed E-state index contributed by atoms with van der Waals surface area (Å²) < 4.78 is 5.43. The standard InChI is InChI=1S/C10H17NO2/c1-8-4-5-11(8)10(12)7-9-3-2-6-13-9/h8-9H,2-7H2,1H3. The van der Waals surface area contributed by atoms with E-state index >= 15 is 0 Å². The quantitative estimate of drug-likeness (QED) is 0.643. The number of carbonyl (C=O) groups is 1. The van der Waals surface area contributed by atoms with Crippen molar-refractivity contribution < 1.29 is 9.53 Å². The van der Waals surface area contributed by atoms with Crippen molar-refractivity contribution in [1.82, 2.24) is 4.90 Å². The second-order valence-corrected chi connectivity index (χ2v) is 4.06. The van der Waals surface area contributed by atoms with E-state index in [9.17, 15) is 4.79 Å². The largest absolute Gasteiger partial charge is 0.378 e. The predicted octanol–water partition coefficient (Wildman–Crippen LogP) is 1.18. The number of likely N-dealkylation sites (tertiary alicyclic amines) is 1. The van der Waals surface area contributed by atoms with Crippen LogP contribution in [0.1, 0.15) is 32.6 Å². The highest BCUT2D eigenvalue weighted by Crippen LogP contribution is 2.21. The second kappa shape index (κ2) is 3.66. The van der Waals surface area contributed by atoms with E-state index in [1.165, 1.54) is 0 Å². The number of nitrogens with zero attached hydrogens (tertiary/aromatic N) is 1. The second-order valence-electron chi connectivity index (χ2n) is 4.06. The summed E-state index contributed by atoms with van der Waals surface area (Å²) in [5.74, 6) is 0.283. The molecule has 2 rings (SSSR count). The van der Waals surface area contributed by atoms with Gasteiger partial charge in [-0.2, -0.15) is 0 Å². The highest BCUT2D eigenvalue weighted by atomic mass is 16.5. The van der Waals surface area contributed by atoms with Crippen LogP contribution in [-0.4, -0.2) is 36.1 Å². The van der Waals surface area contributed by atoms with E-state index < -0.39 is 0 Å². The molecule has 13 heavy (non-hydrogen) atoms. The molecular formula is C10H17NO2. The van der Waals surface area contributed by atoms with E-state index in [1.807, 2.05) is 4.90 Å². The molecule has 3 nitrogen and oxygen atoms in total. The van der Waals surface area contributed by atoms with Crippen LogP contribution in [0.3, 0.4) is 0 Å². The third-order valence-electron chi connectivity index (χ3n) is 3.07. The maximum Gasteiger partial charge on any atom is 0.225 e. The molecule has 0 aromatic heterocycles. The summed E-state index contributed by atoms with van der Waals surface area (Å²) in [5, 5.41) is 0. The predicted molar refractivity (Wildman–Crippen MR) is 49.4 cm³/mol. The summed E-state index contributed by atoms with van der Waals surface area (Å²) in [6.07, 6.45) is 4.16. The summed E-state index contributed by atoms with van der Waals surface area (Å²) in [7, 11) is 0. The zero-order valence-corrected chi connectivity index (χ0v) is 8.16. The Hall–Kier alpha value is -0.570. The Morgan fingerprint density at radius 2 is 2.38 bits per heavy atom. The zero-order valence-electron chi connectivity index (χ0n) is 8.16. The highest BCUT2D eigenvalue weighted by molar-refractivity contribution is 5.77. The molecule has 0 aromatic rings. The lowest BCUT2D eigenvalue weighted by atomic mass is 10.0. The maximum absolute atomic E-state index is 11.6. The average molecular weight is 183 g/mol. The number of carbonyl (C=O) groups excluding carboxylic acids is 1. The fourth-order valence-corrected chi connectivity index (χ4v) is 2.00. The minimum atomic E-state index is 0.209. The summed E-state index contributed by atoms with van der Waals surface area (Å²) >= 11 is 0. The van der Waals surface area contributed by atoms with Crippen molar-refractivity contribution in [2.24, 2.45) is 0 Å². The van der Waals surface area contributed by atoms with E-state index in [0.717, 1.165) is 32.4 Å². The van der Waals surface area contributed by atoms with Gasteiger partial charge in [-0.05, 0) is 26.2 Å². The molecule has 2 aliphatic rings. The summed E-state index contributed by atoms with van der Waals surface area (Å²) in [6.45, 7) is 3.90. The van der Waals surface area contributed by atoms with Crippen molar-refractivity contribution in [2.75, 3.05) is 13.2 Å². The van der Waals surface area contributed by atoms with Crippen LogP contribution >= 0.6 is 0 Å². The van der Waals surface area contributed by atoms with E-state index in [-0.39, 0.29) is 12.0 Å². The minimum Gasteiger partial charge on any atom is -0.378 e. The first-order valence-corrected chi connectivity index (χ1v) is 5.18. The van der Waals surface area contributed by atoms with Crippen LogP contribution in [0.15, 0.2) is 0 Å². The highest BCUT2D eigenvalue weighted by Gasteiger charge is 2.30. The molecule has 0 N–H and O–H groups in total. The number of hydrogen-bond donors (Lipinski definition) is 0. The Labute approximate surface area is 79.0 Å². The average Bonchev–Trinajstić information content (AvgIpc) is 2.54. The molecule has 0 aromatic carbocycles. The fraction of sp³-hybridized carbons (Fsp3) is 0.900. The third-order valence-corrected chi connectivity index (χ3v) is 3.07. The van der Waals surface area contributed by atoms with Crippen LogP contribution in [0.2, 0.25) is 0 Å². The monoisotopic (exact) mass is 183 g/mol. The van der Waals surface area contributed by atoms with Gasteiger partial charge in [0.1, 0.15) is 0 Å². The Morgan fingerprint density at radius 1 is 1.54 bits per heavy atom. The Morgan fingerprint density at radius 3 is 2.85 bits per heavy atom. The van der Waals surface area contributed by atoms with Gasteiger partial charge in [0.05, 0.1) is 12.5 Å². The molecule has 2 aliphatic heterocycles. The molecule has 2 unspecified atom stereocenters. The minimum absolute atomic E-state index is 0.209. The van der Waals surface area contributed by atoms with Gasteiger partial charge in [-0.25, -0.2) is 0 Å². The number of amides is 1. The van der Waals surface area contributed by atoms with E-state index in [0.29, 0.717) is 12.5 Å². The lowest BCUT2D eigenvalue weighted by molar-refractivity contribution is -0.140. The number of rotatable bonds is 2. The van der Waals surface area contributed by atoms with Crippen molar-refractivity contribution in [3.05, 3.63) is 0 Å². The molecule has 0 spiro atoms. The molecule has 2 saturated heterocycles. The van der Waals surface area contributed by atoms with Gasteiger partial charge < -0.3 is 9.64 Å². The van der Waals surface area contributed by atoms with E-state index in [1.54, 1.807) is 0 Å². The molecule has 2 heterocycles. The van der Waals surface area contributed by atoms with E-state index in [2.05, 4.69) is 6.92 Å². The van der Waals surface area contributed by atoms with Crippen LogP contribution in [0.25, 0.3) is 0 Å². The first-order valence-electron chi connectivity index (χ1n) is 5.18. The molecule has 2 atom stereocenters. The van der Waals surface area contributed by atoms with Crippen molar-refractivity contribution in [1.29, 1.82) is 0 Å². The fourth-order valence-electron chi connectivity index (χ4n) is 2.00. The summed E-state index contributed by atoms with van der Waals surface area (Å²) in [6, 6.07) is 0.467. The van der Waals surface area contributed by atoms with Crippen molar-refractivity contribution in [3.63, 3.8) is 0 Å². The van der Waals surface area contributed by atoms with Gasteiger partial charge in [0, 0.05) is 19.2 Å². The Bertz CT molecular complexity index is 199. The van der Waals surface area contributed by atoms with Gasteiger partial charge in [-0.3, -0.25) is 4.79 Å². The molecule has 0 bridgehead atoms. The third kappa shape index (κ3) is 1.85. The molecule has 1 amide bonds. The molecule has 2 fully saturated rings. The molecule has 0 aliphatic carbocycles. The molecule has 74 valence electrons. The normalized spacial score (nSPS) is 33.2. The maximum atomic E-state index is 11.6. The SMILES string of the molecule is CC1CCN1C(=O)CC1CCCO1. The summed E-state index contributed by atoms with van der Waals surface area (Å²) in [4.78, 5) is 13.6. The van der Waals surface area contributed by atoms with Crippen molar-refractivity contribution >= 4 is 5.91 Å². The van der Waals surface area contributed by atoms with Gasteiger partial charge >= 0.3 is 0 Å². The summed E-state index contributed by atoms with van der Waals surface area (Å²) in [5.41, 5.74) is 0. The van der Waals surface area contributed by atoms with Crippen LogP contribution in [0.4, 0.5) is 0 Å². The lowest BCUT2D eigenvalue weighted by Crippen LogP contribution is -2.50.